The quantitative estimate of drug-likeness (QED) is 0.282. The van der Waals surface area contributed by atoms with E-state index in [1.165, 1.54) is 12.4 Å². The number of aliphatic imine (C=N–C) groups is 1. The van der Waals surface area contributed by atoms with Gasteiger partial charge in [0, 0.05) is 6.21 Å². The van der Waals surface area contributed by atoms with E-state index in [4.69, 9.17) is 13.7 Å². The molecule has 0 amide bonds. The minimum absolute atomic E-state index is 0.724. The van der Waals surface area contributed by atoms with Gasteiger partial charge in [-0.3, -0.25) is 4.99 Å². The van der Waals surface area contributed by atoms with Crippen molar-refractivity contribution in [1.29, 1.82) is 0 Å². The monoisotopic (exact) mass is 157 g/mol. The summed E-state index contributed by atoms with van der Waals surface area (Å²) in [6, 6.07) is 7.20. The molecule has 2 N–H and O–H groups in total. The number of rotatable bonds is 2. The molecule has 0 saturated heterocycles. The molecule has 0 spiro atoms. The summed E-state index contributed by atoms with van der Waals surface area (Å²) < 4.78 is 0. The highest BCUT2D eigenvalue weighted by Gasteiger charge is 1.84. The Kier molecular flexibility index (Phi) is 3.08. The van der Waals surface area contributed by atoms with Crippen LogP contribution >= 0.6 is 0 Å². The van der Waals surface area contributed by atoms with Crippen molar-refractivity contribution in [2.24, 2.45) is 15.9 Å². The first-order valence-corrected chi connectivity index (χ1v) is 3.44. The van der Waals surface area contributed by atoms with Gasteiger partial charge in [-0.2, -0.15) is 5.10 Å². The van der Waals surface area contributed by atoms with Crippen LogP contribution in [0.3, 0.4) is 0 Å². The highest BCUT2D eigenvalue weighted by Crippen LogP contribution is 2.06. The van der Waals surface area contributed by atoms with Crippen molar-refractivity contribution in [2.75, 3.05) is 0 Å². The van der Waals surface area contributed by atoms with Gasteiger partial charge in [0.05, 0.1) is 11.9 Å². The van der Waals surface area contributed by atoms with E-state index < -0.39 is 0 Å². The van der Waals surface area contributed by atoms with E-state index in [1.54, 1.807) is 12.1 Å². The average Bonchev–Trinajstić information content (AvgIpc) is 2.09. The number of nitrogens with zero attached hydrogens (tertiary/aromatic N) is 2. The molecular weight excluding hydrogens is 149 g/mol. The maximum Gasteiger partial charge on any atom is 0.113 e. The fraction of sp³-hybridized carbons (Fsp3) is 0. The van der Waals surface area contributed by atoms with Gasteiger partial charge in [0.1, 0.15) is 7.85 Å². The molecule has 0 aliphatic carbocycles. The minimum Gasteiger partial charge on any atom is -0.323 e. The van der Waals surface area contributed by atoms with E-state index in [0.29, 0.717) is 0 Å². The molecule has 1 aromatic carbocycles. The van der Waals surface area contributed by atoms with Crippen LogP contribution in [0.5, 0.6) is 0 Å². The molecule has 0 fully saturated rings. The van der Waals surface area contributed by atoms with Crippen molar-refractivity contribution in [3.8, 4) is 0 Å². The van der Waals surface area contributed by atoms with Crippen LogP contribution in [0, 0.1) is 0 Å². The highest BCUT2D eigenvalue weighted by atomic mass is 15.1. The Hall–Kier alpha value is -1.58. The topological polar surface area (TPSA) is 50.7 Å². The number of hydrogen-bond acceptors (Lipinski definition) is 3. The van der Waals surface area contributed by atoms with E-state index in [9.17, 15) is 0 Å². The highest BCUT2D eigenvalue weighted by molar-refractivity contribution is 6.32. The normalized spacial score (nSPS) is 11.3. The van der Waals surface area contributed by atoms with Gasteiger partial charge in [0.15, 0.2) is 0 Å². The second-order valence-corrected chi connectivity index (χ2v) is 2.17. The Labute approximate surface area is 72.4 Å². The molecule has 0 aromatic heterocycles. The van der Waals surface area contributed by atoms with Gasteiger partial charge in [-0.1, -0.05) is 17.6 Å². The number of nitrogens with two attached hydrogens (primary N) is 1. The summed E-state index contributed by atoms with van der Waals surface area (Å²) in [5.74, 6) is 4.87. The Morgan fingerprint density at radius 2 is 1.83 bits per heavy atom. The first-order valence-electron chi connectivity index (χ1n) is 3.44. The summed E-state index contributed by atoms with van der Waals surface area (Å²) in [6.45, 7) is 0. The van der Waals surface area contributed by atoms with Crippen molar-refractivity contribution in [3.63, 3.8) is 0 Å². The first kappa shape index (κ1) is 8.52. The van der Waals surface area contributed by atoms with Crippen molar-refractivity contribution in [2.45, 2.75) is 0 Å². The first-order chi connectivity index (χ1) is 5.83. The molecule has 58 valence electrons. The number of hydrazone groups is 1. The predicted octanol–water partition coefficient (Wildman–Crippen LogP) is 0.127. The summed E-state index contributed by atoms with van der Waals surface area (Å²) in [4.78, 5) is 4.03. The molecule has 0 heterocycles. The predicted molar refractivity (Wildman–Crippen MR) is 52.7 cm³/mol. The fourth-order valence-electron chi connectivity index (χ4n) is 0.718. The zero-order valence-electron chi connectivity index (χ0n) is 6.51. The molecular formula is C8H8BN3. The van der Waals surface area contributed by atoms with Crippen molar-refractivity contribution < 1.29 is 0 Å². The van der Waals surface area contributed by atoms with Gasteiger partial charge >= 0.3 is 0 Å². The molecule has 4 heteroatoms. The maximum atomic E-state index is 5.48. The summed E-state index contributed by atoms with van der Waals surface area (Å²) >= 11 is 0. The van der Waals surface area contributed by atoms with Gasteiger partial charge in [0.25, 0.3) is 0 Å². The van der Waals surface area contributed by atoms with Crippen LogP contribution in [-0.2, 0) is 0 Å². The molecule has 0 aliphatic rings. The van der Waals surface area contributed by atoms with E-state index >= 15 is 0 Å². The second-order valence-electron chi connectivity index (χ2n) is 2.17. The van der Waals surface area contributed by atoms with Crippen LogP contribution in [0.25, 0.3) is 0 Å². The van der Waals surface area contributed by atoms with Crippen LogP contribution in [0.4, 0.5) is 5.69 Å². The lowest BCUT2D eigenvalue weighted by molar-refractivity contribution is 1.27. The third-order valence-electron chi connectivity index (χ3n) is 1.27. The lowest BCUT2D eigenvalue weighted by atomic mass is 9.96. The van der Waals surface area contributed by atoms with Crippen LogP contribution in [0.2, 0.25) is 0 Å². The third-order valence-corrected chi connectivity index (χ3v) is 1.27. The summed E-state index contributed by atoms with van der Waals surface area (Å²) in [7, 11) is 5.48. The maximum absolute atomic E-state index is 5.48. The Bertz CT molecular complexity index is 290. The van der Waals surface area contributed by atoms with Gasteiger partial charge in [0.2, 0.25) is 0 Å². The average molecular weight is 157 g/mol. The molecule has 12 heavy (non-hydrogen) atoms. The van der Waals surface area contributed by atoms with Crippen LogP contribution in [-0.4, -0.2) is 20.3 Å². The molecule has 1 aromatic rings. The van der Waals surface area contributed by atoms with E-state index in [-0.39, 0.29) is 0 Å². The van der Waals surface area contributed by atoms with Gasteiger partial charge in [-0.05, 0) is 12.1 Å². The number of hydrogen-bond donors (Lipinski definition) is 1. The summed E-state index contributed by atoms with van der Waals surface area (Å²) in [5.41, 5.74) is 1.55. The van der Waals surface area contributed by atoms with E-state index in [0.717, 1.165) is 11.2 Å². The molecule has 2 radical (unpaired) electrons. The van der Waals surface area contributed by atoms with Crippen molar-refractivity contribution >= 4 is 31.4 Å². The molecule has 0 saturated carbocycles. The third kappa shape index (κ3) is 2.58. The Morgan fingerprint density at radius 3 is 2.42 bits per heavy atom. The minimum atomic E-state index is 0.724. The summed E-state index contributed by atoms with van der Waals surface area (Å²) in [6.07, 6.45) is 2.93. The Balaban J connectivity index is 2.70. The van der Waals surface area contributed by atoms with E-state index in [1.807, 2.05) is 12.1 Å². The Morgan fingerprint density at radius 1 is 1.17 bits per heavy atom. The number of benzene rings is 1. The van der Waals surface area contributed by atoms with Gasteiger partial charge in [-0.25, -0.2) is 0 Å². The molecule has 0 bridgehead atoms. The van der Waals surface area contributed by atoms with Gasteiger partial charge < -0.3 is 5.84 Å². The van der Waals surface area contributed by atoms with Crippen molar-refractivity contribution in [1.82, 2.24) is 0 Å². The zero-order valence-corrected chi connectivity index (χ0v) is 6.51. The molecule has 0 aliphatic heterocycles. The summed E-state index contributed by atoms with van der Waals surface area (Å²) in [5, 5.41) is 3.27. The van der Waals surface area contributed by atoms with Crippen molar-refractivity contribution in [3.05, 3.63) is 24.3 Å². The molecule has 0 atom stereocenters. The second kappa shape index (κ2) is 4.33. The smallest absolute Gasteiger partial charge is 0.113 e. The molecule has 3 nitrogen and oxygen atoms in total. The SMILES string of the molecule is [B]c1ccc(N=CC=NN)cc1. The fourth-order valence-corrected chi connectivity index (χ4v) is 0.718. The molecule has 0 unspecified atom stereocenters. The lowest BCUT2D eigenvalue weighted by Crippen LogP contribution is -1.97. The molecule has 1 rings (SSSR count). The van der Waals surface area contributed by atoms with E-state index in [2.05, 4.69) is 10.1 Å². The largest absolute Gasteiger partial charge is 0.323 e. The van der Waals surface area contributed by atoms with Gasteiger partial charge in [-0.15, -0.1) is 0 Å². The van der Waals surface area contributed by atoms with Crippen LogP contribution < -0.4 is 11.3 Å². The van der Waals surface area contributed by atoms with Crippen LogP contribution in [0.15, 0.2) is 34.4 Å². The lowest BCUT2D eigenvalue weighted by Gasteiger charge is -1.92. The zero-order chi connectivity index (χ0) is 8.81. The standard InChI is InChI=1S/C8H8BN3/c9-7-1-3-8(4-2-7)11-5-6-12-10/h1-6H,10H2. The van der Waals surface area contributed by atoms with Crippen LogP contribution in [0.1, 0.15) is 0 Å².